The lowest BCUT2D eigenvalue weighted by molar-refractivity contribution is -0.147. The summed E-state index contributed by atoms with van der Waals surface area (Å²) in [4.78, 5) is 22.1. The highest BCUT2D eigenvalue weighted by atomic mass is 35.5. The lowest BCUT2D eigenvalue weighted by atomic mass is 10.2. The van der Waals surface area contributed by atoms with Crippen LogP contribution >= 0.6 is 23.2 Å². The Morgan fingerprint density at radius 2 is 2.05 bits per heavy atom. The number of hydrogen-bond acceptors (Lipinski definition) is 4. The fourth-order valence-electron chi connectivity index (χ4n) is 1.41. The van der Waals surface area contributed by atoms with Gasteiger partial charge in [0.1, 0.15) is 5.75 Å². The van der Waals surface area contributed by atoms with Gasteiger partial charge in [-0.05, 0) is 25.1 Å². The van der Waals surface area contributed by atoms with Gasteiger partial charge in [0.2, 0.25) is 0 Å². The van der Waals surface area contributed by atoms with E-state index in [0.29, 0.717) is 10.8 Å². The number of ether oxygens (including phenoxy) is 1. The first-order valence-corrected chi connectivity index (χ1v) is 6.87. The third-order valence-electron chi connectivity index (χ3n) is 2.57. The number of rotatable bonds is 7. The number of carboxylic acids is 1. The van der Waals surface area contributed by atoms with Crippen LogP contribution in [-0.2, 0) is 9.59 Å². The molecule has 3 N–H and O–H groups in total. The maximum Gasteiger partial charge on any atom is 0.332 e. The van der Waals surface area contributed by atoms with Crippen molar-refractivity contribution in [2.45, 2.75) is 25.6 Å². The maximum absolute atomic E-state index is 11.7. The van der Waals surface area contributed by atoms with Gasteiger partial charge < -0.3 is 20.3 Å². The van der Waals surface area contributed by atoms with Crippen LogP contribution in [0.5, 0.6) is 5.75 Å². The molecule has 0 spiro atoms. The maximum atomic E-state index is 11.7. The van der Waals surface area contributed by atoms with Crippen LogP contribution in [0.25, 0.3) is 0 Å². The van der Waals surface area contributed by atoms with Gasteiger partial charge in [0, 0.05) is 18.0 Å². The Bertz CT molecular complexity index is 523. The molecule has 0 aromatic heterocycles. The number of benzene rings is 1. The lowest BCUT2D eigenvalue weighted by Gasteiger charge is -2.16. The highest BCUT2D eigenvalue weighted by Gasteiger charge is 2.17. The third-order valence-corrected chi connectivity index (χ3v) is 3.10. The van der Waals surface area contributed by atoms with Gasteiger partial charge in [-0.3, -0.25) is 4.79 Å². The summed E-state index contributed by atoms with van der Waals surface area (Å²) in [7, 11) is 0. The molecule has 0 radical (unpaired) electrons. The molecule has 21 heavy (non-hydrogen) atoms. The number of amides is 1. The van der Waals surface area contributed by atoms with Crippen LogP contribution in [0.3, 0.4) is 0 Å². The quantitative estimate of drug-likeness (QED) is 0.705. The number of carboxylic acid groups (broad SMARTS) is 1. The minimum Gasteiger partial charge on any atom is -0.479 e. The van der Waals surface area contributed by atoms with Gasteiger partial charge in [-0.15, -0.1) is 0 Å². The smallest absolute Gasteiger partial charge is 0.332 e. The average Bonchev–Trinajstić information content (AvgIpc) is 2.41. The molecular weight excluding hydrogens is 321 g/mol. The van der Waals surface area contributed by atoms with Gasteiger partial charge in [-0.25, -0.2) is 4.79 Å². The molecule has 1 aromatic carbocycles. The van der Waals surface area contributed by atoms with Gasteiger partial charge in [0.05, 0.1) is 5.02 Å². The molecule has 0 aliphatic heterocycles. The molecule has 2 atom stereocenters. The zero-order chi connectivity index (χ0) is 16.0. The normalized spacial score (nSPS) is 13.3. The van der Waals surface area contributed by atoms with Crippen LogP contribution in [0.2, 0.25) is 10.0 Å². The van der Waals surface area contributed by atoms with E-state index in [0.717, 1.165) is 0 Å². The van der Waals surface area contributed by atoms with Crippen molar-refractivity contribution in [3.05, 3.63) is 28.2 Å². The highest BCUT2D eigenvalue weighted by molar-refractivity contribution is 6.35. The van der Waals surface area contributed by atoms with Crippen molar-refractivity contribution in [1.82, 2.24) is 5.32 Å². The Labute approximate surface area is 131 Å². The molecule has 0 saturated carbocycles. The summed E-state index contributed by atoms with van der Waals surface area (Å²) in [6.07, 6.45) is -2.42. The first-order chi connectivity index (χ1) is 9.81. The van der Waals surface area contributed by atoms with E-state index in [4.69, 9.17) is 38.2 Å². The Hall–Kier alpha value is -1.50. The monoisotopic (exact) mass is 335 g/mol. The van der Waals surface area contributed by atoms with E-state index < -0.39 is 24.1 Å². The number of carbonyl (C=O) groups excluding carboxylic acids is 1. The summed E-state index contributed by atoms with van der Waals surface area (Å²) in [6.45, 7) is 1.54. The lowest BCUT2D eigenvalue weighted by Crippen LogP contribution is -2.38. The van der Waals surface area contributed by atoms with Gasteiger partial charge in [-0.2, -0.15) is 0 Å². The first-order valence-electron chi connectivity index (χ1n) is 6.11. The molecule has 6 nitrogen and oxygen atoms in total. The molecule has 1 aromatic rings. The van der Waals surface area contributed by atoms with E-state index >= 15 is 0 Å². The topological polar surface area (TPSA) is 95.9 Å². The Balaban J connectivity index is 2.46. The van der Waals surface area contributed by atoms with Crippen molar-refractivity contribution in [2.24, 2.45) is 0 Å². The Morgan fingerprint density at radius 1 is 1.38 bits per heavy atom. The molecule has 8 heteroatoms. The third kappa shape index (κ3) is 5.79. The minimum atomic E-state index is -1.51. The van der Waals surface area contributed by atoms with Crippen molar-refractivity contribution in [2.75, 3.05) is 6.54 Å². The number of hydrogen-bond donors (Lipinski definition) is 3. The van der Waals surface area contributed by atoms with E-state index in [1.165, 1.54) is 13.0 Å². The summed E-state index contributed by atoms with van der Waals surface area (Å²) < 4.78 is 5.39. The molecular formula is C13H15Cl2NO5. The van der Waals surface area contributed by atoms with Crippen LogP contribution in [0, 0.1) is 0 Å². The molecule has 1 rings (SSSR count). The van der Waals surface area contributed by atoms with E-state index in [1.54, 1.807) is 12.1 Å². The van der Waals surface area contributed by atoms with Crippen molar-refractivity contribution < 1.29 is 24.5 Å². The summed E-state index contributed by atoms with van der Waals surface area (Å²) in [5, 5.41) is 20.7. The van der Waals surface area contributed by atoms with E-state index in [2.05, 4.69) is 5.32 Å². The Morgan fingerprint density at radius 3 is 2.62 bits per heavy atom. The summed E-state index contributed by atoms with van der Waals surface area (Å²) in [5.41, 5.74) is 0. The molecule has 0 heterocycles. The van der Waals surface area contributed by atoms with Gasteiger partial charge in [0.25, 0.3) is 5.91 Å². The number of nitrogens with one attached hydrogen (secondary N) is 1. The molecule has 2 unspecified atom stereocenters. The van der Waals surface area contributed by atoms with Crippen LogP contribution in [0.4, 0.5) is 0 Å². The second-order valence-corrected chi connectivity index (χ2v) is 5.11. The molecule has 0 aliphatic carbocycles. The molecule has 0 aliphatic rings. The second kappa shape index (κ2) is 8.07. The number of aliphatic carboxylic acids is 1. The SMILES string of the molecule is CC(Oc1ccc(Cl)cc1Cl)C(=O)NCCC(O)C(=O)O. The standard InChI is InChI=1S/C13H15Cl2NO5/c1-7(12(18)16-5-4-10(17)13(19)20)21-11-3-2-8(14)6-9(11)15/h2-3,6-7,10,17H,4-5H2,1H3,(H,16,18)(H,19,20). The van der Waals surface area contributed by atoms with Crippen LogP contribution in [0.1, 0.15) is 13.3 Å². The molecule has 1 amide bonds. The van der Waals surface area contributed by atoms with Gasteiger partial charge in [0.15, 0.2) is 12.2 Å². The van der Waals surface area contributed by atoms with Crippen LogP contribution in [-0.4, -0.2) is 40.8 Å². The van der Waals surface area contributed by atoms with Gasteiger partial charge in [-0.1, -0.05) is 23.2 Å². The van der Waals surface area contributed by atoms with Gasteiger partial charge >= 0.3 is 5.97 Å². The van der Waals surface area contributed by atoms with Crippen molar-refractivity contribution in [1.29, 1.82) is 0 Å². The highest BCUT2D eigenvalue weighted by Crippen LogP contribution is 2.28. The predicted octanol–water partition coefficient (Wildman–Crippen LogP) is 1.71. The summed E-state index contributed by atoms with van der Waals surface area (Å²) >= 11 is 11.7. The van der Waals surface area contributed by atoms with E-state index in [1.807, 2.05) is 0 Å². The number of aliphatic hydroxyl groups is 1. The van der Waals surface area contributed by atoms with Crippen molar-refractivity contribution in [3.63, 3.8) is 0 Å². The molecule has 0 fully saturated rings. The molecule has 0 bridgehead atoms. The Kier molecular flexibility index (Phi) is 6.74. The summed E-state index contributed by atoms with van der Waals surface area (Å²) in [6, 6.07) is 4.62. The van der Waals surface area contributed by atoms with E-state index in [9.17, 15) is 9.59 Å². The molecule has 0 saturated heterocycles. The zero-order valence-corrected chi connectivity index (χ0v) is 12.7. The average molecular weight is 336 g/mol. The molecule has 116 valence electrons. The zero-order valence-electron chi connectivity index (χ0n) is 11.2. The van der Waals surface area contributed by atoms with Crippen LogP contribution < -0.4 is 10.1 Å². The van der Waals surface area contributed by atoms with Crippen molar-refractivity contribution >= 4 is 35.1 Å². The number of carbonyl (C=O) groups is 2. The first kappa shape index (κ1) is 17.6. The fourth-order valence-corrected chi connectivity index (χ4v) is 1.87. The largest absolute Gasteiger partial charge is 0.479 e. The van der Waals surface area contributed by atoms with Crippen molar-refractivity contribution in [3.8, 4) is 5.75 Å². The summed E-state index contributed by atoms with van der Waals surface area (Å²) in [5.74, 6) is -1.46. The fraction of sp³-hybridized carbons (Fsp3) is 0.385. The second-order valence-electron chi connectivity index (χ2n) is 4.27. The number of aliphatic hydroxyl groups excluding tert-OH is 1. The number of halogens is 2. The van der Waals surface area contributed by atoms with Crippen LogP contribution in [0.15, 0.2) is 18.2 Å². The van der Waals surface area contributed by atoms with E-state index in [-0.39, 0.29) is 18.0 Å². The minimum absolute atomic E-state index is 0.0222. The predicted molar refractivity (Wildman–Crippen MR) is 77.8 cm³/mol.